The fraction of sp³-hybridized carbons (Fsp3) is 0.538. The van der Waals surface area contributed by atoms with Gasteiger partial charge in [0.25, 0.3) is 0 Å². The highest BCUT2D eigenvalue weighted by atomic mass is 16.3. The van der Waals surface area contributed by atoms with Gasteiger partial charge in [0.1, 0.15) is 0 Å². The molecule has 1 aliphatic carbocycles. The molecule has 3 heteroatoms. The molecule has 1 saturated carbocycles. The lowest BCUT2D eigenvalue weighted by Crippen LogP contribution is -2.14. The van der Waals surface area contributed by atoms with Crippen molar-refractivity contribution in [1.29, 1.82) is 0 Å². The Morgan fingerprint density at radius 2 is 1.88 bits per heavy atom. The van der Waals surface area contributed by atoms with Crippen LogP contribution in [0, 0.1) is 0 Å². The quantitative estimate of drug-likeness (QED) is 0.698. The smallest absolute Gasteiger partial charge is 0.0653 e. The predicted molar refractivity (Wildman–Crippen MR) is 63.0 cm³/mol. The average Bonchev–Trinajstić information content (AvgIpc) is 3.05. The monoisotopic (exact) mass is 221 g/mol. The fourth-order valence-electron chi connectivity index (χ4n) is 1.81. The van der Waals surface area contributed by atoms with Crippen molar-refractivity contribution in [2.45, 2.75) is 37.3 Å². The highest BCUT2D eigenvalue weighted by Gasteiger charge is 2.39. The summed E-state index contributed by atoms with van der Waals surface area (Å²) in [6, 6.07) is 7.66. The SMILES string of the molecule is NC(CO)c1ccc(CCC2(O)CC2)cc1. The van der Waals surface area contributed by atoms with E-state index in [9.17, 15) is 5.11 Å². The van der Waals surface area contributed by atoms with Gasteiger partial charge < -0.3 is 15.9 Å². The number of aliphatic hydroxyl groups excluding tert-OH is 1. The lowest BCUT2D eigenvalue weighted by Gasteiger charge is -2.10. The third-order valence-corrected chi connectivity index (χ3v) is 3.31. The van der Waals surface area contributed by atoms with Gasteiger partial charge >= 0.3 is 0 Å². The normalized spacial score (nSPS) is 19.4. The predicted octanol–water partition coefficient (Wildman–Crippen LogP) is 1.14. The van der Waals surface area contributed by atoms with E-state index < -0.39 is 0 Å². The van der Waals surface area contributed by atoms with E-state index in [2.05, 4.69) is 0 Å². The van der Waals surface area contributed by atoms with Crippen molar-refractivity contribution in [3.05, 3.63) is 35.4 Å². The Labute approximate surface area is 95.9 Å². The standard InChI is InChI=1S/C13H19NO2/c14-12(9-15)11-3-1-10(2-4-11)5-6-13(16)7-8-13/h1-4,12,15-16H,5-9,14H2. The van der Waals surface area contributed by atoms with Crippen LogP contribution in [0.3, 0.4) is 0 Å². The summed E-state index contributed by atoms with van der Waals surface area (Å²) in [6.07, 6.45) is 3.64. The van der Waals surface area contributed by atoms with Gasteiger partial charge in [-0.15, -0.1) is 0 Å². The Balaban J connectivity index is 1.91. The zero-order valence-electron chi connectivity index (χ0n) is 9.39. The minimum Gasteiger partial charge on any atom is -0.394 e. The summed E-state index contributed by atoms with van der Waals surface area (Å²) in [4.78, 5) is 0. The summed E-state index contributed by atoms with van der Waals surface area (Å²) in [6.45, 7) is -0.0287. The fourth-order valence-corrected chi connectivity index (χ4v) is 1.81. The van der Waals surface area contributed by atoms with Gasteiger partial charge in [0.05, 0.1) is 18.2 Å². The highest BCUT2D eigenvalue weighted by Crippen LogP contribution is 2.39. The minimum absolute atomic E-state index is 0.0287. The lowest BCUT2D eigenvalue weighted by molar-refractivity contribution is 0.140. The van der Waals surface area contributed by atoms with E-state index in [1.54, 1.807) is 0 Å². The van der Waals surface area contributed by atoms with Crippen molar-refractivity contribution < 1.29 is 10.2 Å². The molecule has 88 valence electrons. The van der Waals surface area contributed by atoms with Crippen LogP contribution in [0.25, 0.3) is 0 Å². The van der Waals surface area contributed by atoms with E-state index in [1.807, 2.05) is 24.3 Å². The van der Waals surface area contributed by atoms with E-state index in [-0.39, 0.29) is 18.2 Å². The van der Waals surface area contributed by atoms with Crippen molar-refractivity contribution in [3.8, 4) is 0 Å². The molecule has 0 spiro atoms. The highest BCUT2D eigenvalue weighted by molar-refractivity contribution is 5.25. The van der Waals surface area contributed by atoms with Crippen molar-refractivity contribution in [1.82, 2.24) is 0 Å². The molecule has 16 heavy (non-hydrogen) atoms. The molecule has 0 saturated heterocycles. The maximum absolute atomic E-state index is 9.72. The van der Waals surface area contributed by atoms with Crippen molar-refractivity contribution >= 4 is 0 Å². The summed E-state index contributed by atoms with van der Waals surface area (Å²) in [7, 11) is 0. The molecule has 0 heterocycles. The van der Waals surface area contributed by atoms with Gasteiger partial charge in [0.2, 0.25) is 0 Å². The van der Waals surface area contributed by atoms with Gasteiger partial charge in [-0.25, -0.2) is 0 Å². The summed E-state index contributed by atoms with van der Waals surface area (Å²) >= 11 is 0. The second-order valence-corrected chi connectivity index (χ2v) is 4.75. The van der Waals surface area contributed by atoms with Crippen LogP contribution in [0.5, 0.6) is 0 Å². The molecule has 0 radical (unpaired) electrons. The summed E-state index contributed by atoms with van der Waals surface area (Å²) in [5.41, 5.74) is 7.50. The third-order valence-electron chi connectivity index (χ3n) is 3.31. The number of aliphatic hydroxyl groups is 2. The summed E-state index contributed by atoms with van der Waals surface area (Å²) < 4.78 is 0. The van der Waals surface area contributed by atoms with E-state index in [4.69, 9.17) is 10.8 Å². The molecule has 0 aliphatic heterocycles. The van der Waals surface area contributed by atoms with Gasteiger partial charge in [-0.1, -0.05) is 24.3 Å². The van der Waals surface area contributed by atoms with Crippen LogP contribution in [0.2, 0.25) is 0 Å². The number of hydrogen-bond donors (Lipinski definition) is 3. The lowest BCUT2D eigenvalue weighted by atomic mass is 10.0. The summed E-state index contributed by atoms with van der Waals surface area (Å²) in [5.74, 6) is 0. The van der Waals surface area contributed by atoms with Crippen LogP contribution in [0.1, 0.15) is 36.4 Å². The van der Waals surface area contributed by atoms with Crippen LogP contribution >= 0.6 is 0 Å². The maximum Gasteiger partial charge on any atom is 0.0653 e. The van der Waals surface area contributed by atoms with Crippen LogP contribution in [-0.4, -0.2) is 22.4 Å². The largest absolute Gasteiger partial charge is 0.394 e. The van der Waals surface area contributed by atoms with E-state index in [0.29, 0.717) is 0 Å². The molecular weight excluding hydrogens is 202 g/mol. The van der Waals surface area contributed by atoms with Crippen LogP contribution in [-0.2, 0) is 6.42 Å². The van der Waals surface area contributed by atoms with Crippen molar-refractivity contribution in [2.24, 2.45) is 5.73 Å². The molecule has 1 fully saturated rings. The van der Waals surface area contributed by atoms with Gasteiger partial charge in [0, 0.05) is 0 Å². The number of hydrogen-bond acceptors (Lipinski definition) is 3. The van der Waals surface area contributed by atoms with E-state index in [0.717, 1.165) is 31.2 Å². The Morgan fingerprint density at radius 3 is 2.38 bits per heavy atom. The average molecular weight is 221 g/mol. The Bertz CT molecular complexity index is 343. The molecule has 4 N–H and O–H groups in total. The van der Waals surface area contributed by atoms with Gasteiger partial charge in [-0.2, -0.15) is 0 Å². The van der Waals surface area contributed by atoms with Gasteiger partial charge in [0.15, 0.2) is 0 Å². The molecule has 1 aromatic rings. The molecule has 1 atom stereocenters. The second-order valence-electron chi connectivity index (χ2n) is 4.75. The van der Waals surface area contributed by atoms with Crippen molar-refractivity contribution in [3.63, 3.8) is 0 Å². The minimum atomic E-state index is -0.375. The number of aryl methyl sites for hydroxylation is 1. The molecule has 2 rings (SSSR count). The first-order valence-electron chi connectivity index (χ1n) is 5.81. The van der Waals surface area contributed by atoms with Crippen LogP contribution in [0.4, 0.5) is 0 Å². The molecule has 0 aromatic heterocycles. The zero-order valence-corrected chi connectivity index (χ0v) is 9.39. The number of benzene rings is 1. The van der Waals surface area contributed by atoms with Gasteiger partial charge in [-0.3, -0.25) is 0 Å². The third kappa shape index (κ3) is 2.82. The van der Waals surface area contributed by atoms with Crippen LogP contribution in [0.15, 0.2) is 24.3 Å². The topological polar surface area (TPSA) is 66.5 Å². The first-order chi connectivity index (χ1) is 7.63. The molecular formula is C13H19NO2. The molecule has 0 amide bonds. The Morgan fingerprint density at radius 1 is 1.25 bits per heavy atom. The van der Waals surface area contributed by atoms with E-state index in [1.165, 1.54) is 5.56 Å². The first-order valence-corrected chi connectivity index (χ1v) is 5.81. The van der Waals surface area contributed by atoms with Crippen molar-refractivity contribution in [2.75, 3.05) is 6.61 Å². The first kappa shape index (κ1) is 11.6. The zero-order chi connectivity index (χ0) is 11.6. The van der Waals surface area contributed by atoms with E-state index >= 15 is 0 Å². The second kappa shape index (κ2) is 4.53. The Hall–Kier alpha value is -0.900. The molecule has 3 nitrogen and oxygen atoms in total. The molecule has 0 bridgehead atoms. The molecule has 1 aromatic carbocycles. The number of rotatable bonds is 5. The maximum atomic E-state index is 9.72. The Kier molecular flexibility index (Phi) is 3.28. The molecule has 1 aliphatic rings. The summed E-state index contributed by atoms with van der Waals surface area (Å²) in [5, 5.41) is 18.6. The molecule has 1 unspecified atom stereocenters. The van der Waals surface area contributed by atoms with Gasteiger partial charge in [-0.05, 0) is 36.8 Å². The van der Waals surface area contributed by atoms with Crippen LogP contribution < -0.4 is 5.73 Å². The number of nitrogens with two attached hydrogens (primary N) is 1.